The molecular formula is C51H37N. The topological polar surface area (TPSA) is 4.93 Å². The van der Waals surface area contributed by atoms with Crippen molar-refractivity contribution < 1.29 is 0 Å². The first kappa shape index (κ1) is 30.4. The van der Waals surface area contributed by atoms with Crippen molar-refractivity contribution in [3.8, 4) is 50.2 Å². The van der Waals surface area contributed by atoms with Gasteiger partial charge in [-0.15, -0.1) is 0 Å². The van der Waals surface area contributed by atoms with Crippen molar-refractivity contribution in [3.63, 3.8) is 0 Å². The second-order valence-corrected chi connectivity index (χ2v) is 14.1. The second kappa shape index (κ2) is 12.4. The Bertz CT molecular complexity index is 2750. The van der Waals surface area contributed by atoms with Gasteiger partial charge in [0, 0.05) is 22.4 Å². The van der Waals surface area contributed by atoms with Crippen LogP contribution in [-0.2, 0) is 0 Å². The predicted octanol–water partition coefficient (Wildman–Crippen LogP) is 13.7. The maximum Gasteiger partial charge on any atom is 0.0541 e. The van der Waals surface area contributed by atoms with Crippen LogP contribution in [-0.4, -0.2) is 4.57 Å². The molecule has 0 aliphatic heterocycles. The van der Waals surface area contributed by atoms with Crippen molar-refractivity contribution in [1.82, 2.24) is 4.57 Å². The summed E-state index contributed by atoms with van der Waals surface area (Å²) in [4.78, 5) is 0. The molecule has 0 spiro atoms. The highest BCUT2D eigenvalue weighted by molar-refractivity contribution is 6.10. The first-order valence-corrected chi connectivity index (χ1v) is 18.3. The van der Waals surface area contributed by atoms with E-state index in [0.717, 1.165) is 0 Å². The van der Waals surface area contributed by atoms with E-state index in [-0.39, 0.29) is 5.92 Å². The van der Waals surface area contributed by atoms with Gasteiger partial charge in [-0.1, -0.05) is 165 Å². The summed E-state index contributed by atoms with van der Waals surface area (Å²) in [7, 11) is 0. The number of rotatable bonds is 5. The average molecular weight is 664 g/mol. The summed E-state index contributed by atoms with van der Waals surface area (Å²) in [6.45, 7) is 2.40. The summed E-state index contributed by atoms with van der Waals surface area (Å²) in [6, 6.07) is 71.5. The van der Waals surface area contributed by atoms with E-state index in [4.69, 9.17) is 0 Å². The molecule has 2 unspecified atom stereocenters. The summed E-state index contributed by atoms with van der Waals surface area (Å²) in [5.74, 6) is 0.609. The van der Waals surface area contributed by atoms with E-state index in [1.807, 2.05) is 0 Å². The Kier molecular flexibility index (Phi) is 7.25. The van der Waals surface area contributed by atoms with E-state index < -0.39 is 0 Å². The van der Waals surface area contributed by atoms with E-state index in [2.05, 4.69) is 206 Å². The molecular weight excluding hydrogens is 627 g/mol. The van der Waals surface area contributed by atoms with E-state index in [1.165, 1.54) is 88.7 Å². The van der Waals surface area contributed by atoms with Crippen LogP contribution in [0, 0.1) is 0 Å². The largest absolute Gasteiger partial charge is 0.309 e. The zero-order valence-electron chi connectivity index (χ0n) is 29.1. The van der Waals surface area contributed by atoms with Crippen molar-refractivity contribution in [3.05, 3.63) is 211 Å². The Morgan fingerprint density at radius 1 is 0.365 bits per heavy atom. The van der Waals surface area contributed by atoms with Gasteiger partial charge in [0.15, 0.2) is 0 Å². The van der Waals surface area contributed by atoms with Crippen LogP contribution in [0.2, 0.25) is 0 Å². The summed E-state index contributed by atoms with van der Waals surface area (Å²) < 4.78 is 2.42. The molecule has 2 atom stereocenters. The molecule has 246 valence electrons. The van der Waals surface area contributed by atoms with E-state index >= 15 is 0 Å². The number of benzene rings is 8. The summed E-state index contributed by atoms with van der Waals surface area (Å²) in [5.41, 5.74) is 17.9. The third-order valence-corrected chi connectivity index (χ3v) is 11.2. The van der Waals surface area contributed by atoms with Gasteiger partial charge >= 0.3 is 0 Å². The van der Waals surface area contributed by atoms with Crippen LogP contribution in [0.1, 0.15) is 35.4 Å². The molecule has 0 bridgehead atoms. The van der Waals surface area contributed by atoms with Gasteiger partial charge in [0.05, 0.1) is 11.0 Å². The monoisotopic (exact) mass is 663 g/mol. The van der Waals surface area contributed by atoms with Gasteiger partial charge < -0.3 is 4.57 Å². The van der Waals surface area contributed by atoms with Crippen LogP contribution in [0.5, 0.6) is 0 Å². The second-order valence-electron chi connectivity index (χ2n) is 14.1. The lowest BCUT2D eigenvalue weighted by Gasteiger charge is -2.34. The summed E-state index contributed by atoms with van der Waals surface area (Å²) in [6.07, 6.45) is 0. The van der Waals surface area contributed by atoms with Crippen LogP contribution in [0.25, 0.3) is 72.0 Å². The molecule has 52 heavy (non-hydrogen) atoms. The number of hydrogen-bond acceptors (Lipinski definition) is 0. The highest BCUT2D eigenvalue weighted by Crippen LogP contribution is 2.51. The third kappa shape index (κ3) is 5.00. The molecule has 0 saturated carbocycles. The van der Waals surface area contributed by atoms with Gasteiger partial charge in [-0.3, -0.25) is 0 Å². The molecule has 8 aromatic carbocycles. The Balaban J connectivity index is 1.07. The molecule has 1 nitrogen and oxygen atoms in total. The fourth-order valence-electron chi connectivity index (χ4n) is 8.72. The molecule has 1 heteroatoms. The lowest BCUT2D eigenvalue weighted by Crippen LogP contribution is -2.17. The molecule has 10 rings (SSSR count). The van der Waals surface area contributed by atoms with Gasteiger partial charge in [-0.2, -0.15) is 0 Å². The minimum Gasteiger partial charge on any atom is -0.309 e. The van der Waals surface area contributed by atoms with E-state index in [1.54, 1.807) is 0 Å². The SMILES string of the molecule is CC1c2ccc(-c3ccc4c(c3)c3ccccc3n4-c3cccc(-c4ccccc4)c3)cc2-c2ccccc2C1c1cccc(-c2ccccc2)c1. The highest BCUT2D eigenvalue weighted by atomic mass is 15.0. The molecule has 1 aromatic heterocycles. The Morgan fingerprint density at radius 2 is 0.962 bits per heavy atom. The quantitative estimate of drug-likeness (QED) is 0.173. The summed E-state index contributed by atoms with van der Waals surface area (Å²) >= 11 is 0. The van der Waals surface area contributed by atoms with Gasteiger partial charge in [0.1, 0.15) is 0 Å². The minimum absolute atomic E-state index is 0.279. The van der Waals surface area contributed by atoms with Gasteiger partial charge in [-0.25, -0.2) is 0 Å². The molecule has 0 amide bonds. The predicted molar refractivity (Wildman–Crippen MR) is 219 cm³/mol. The van der Waals surface area contributed by atoms with E-state index in [0.29, 0.717) is 5.92 Å². The Labute approximate surface area is 305 Å². The van der Waals surface area contributed by atoms with E-state index in [9.17, 15) is 0 Å². The number of aromatic nitrogens is 1. The molecule has 1 aliphatic carbocycles. The first-order valence-electron chi connectivity index (χ1n) is 18.3. The number of fused-ring (bicyclic) bond motifs is 6. The first-order chi connectivity index (χ1) is 25.7. The lowest BCUT2D eigenvalue weighted by molar-refractivity contribution is 0.650. The molecule has 0 saturated heterocycles. The molecule has 0 radical (unpaired) electrons. The summed E-state index contributed by atoms with van der Waals surface area (Å²) in [5, 5.41) is 2.53. The lowest BCUT2D eigenvalue weighted by atomic mass is 9.69. The van der Waals surface area contributed by atoms with Crippen LogP contribution >= 0.6 is 0 Å². The van der Waals surface area contributed by atoms with Crippen LogP contribution < -0.4 is 0 Å². The standard InChI is InChI=1S/C51H37N/c1-34-43-28-26-39(32-47(43)44-22-8-9-24-46(44)51(34)41-20-12-18-37(30-41)35-14-4-2-5-15-35)40-27-29-50-48(33-40)45-23-10-11-25-49(45)52(50)42-21-13-19-38(31-42)36-16-6-3-7-17-36/h2-34,51H,1H3. The van der Waals surface area contributed by atoms with Crippen LogP contribution in [0.15, 0.2) is 194 Å². The molecule has 1 aliphatic rings. The smallest absolute Gasteiger partial charge is 0.0541 e. The van der Waals surface area contributed by atoms with Crippen molar-refractivity contribution in [2.75, 3.05) is 0 Å². The van der Waals surface area contributed by atoms with Crippen molar-refractivity contribution in [1.29, 1.82) is 0 Å². The average Bonchev–Trinajstić information content (AvgIpc) is 3.55. The molecule has 0 fully saturated rings. The Hall–Kier alpha value is -6.44. The molecule has 9 aromatic rings. The van der Waals surface area contributed by atoms with Crippen LogP contribution in [0.4, 0.5) is 0 Å². The third-order valence-electron chi connectivity index (χ3n) is 11.2. The van der Waals surface area contributed by atoms with Gasteiger partial charge in [0.2, 0.25) is 0 Å². The van der Waals surface area contributed by atoms with Crippen LogP contribution in [0.3, 0.4) is 0 Å². The maximum absolute atomic E-state index is 2.44. The Morgan fingerprint density at radius 3 is 1.77 bits per heavy atom. The molecule has 0 N–H and O–H groups in total. The number of para-hydroxylation sites is 1. The zero-order valence-corrected chi connectivity index (χ0v) is 29.1. The minimum atomic E-state index is 0.279. The normalized spacial score (nSPS) is 15.0. The zero-order chi connectivity index (χ0) is 34.6. The van der Waals surface area contributed by atoms with Crippen molar-refractivity contribution in [2.24, 2.45) is 0 Å². The highest BCUT2D eigenvalue weighted by Gasteiger charge is 2.32. The fraction of sp³-hybridized carbons (Fsp3) is 0.0588. The van der Waals surface area contributed by atoms with Gasteiger partial charge in [0.25, 0.3) is 0 Å². The van der Waals surface area contributed by atoms with Crippen molar-refractivity contribution >= 4 is 21.8 Å². The van der Waals surface area contributed by atoms with Gasteiger partial charge in [-0.05, 0) is 104 Å². The maximum atomic E-state index is 2.44. The van der Waals surface area contributed by atoms with Crippen molar-refractivity contribution in [2.45, 2.75) is 18.8 Å². The molecule has 1 heterocycles. The number of nitrogens with zero attached hydrogens (tertiary/aromatic N) is 1. The number of hydrogen-bond donors (Lipinski definition) is 0. The fourth-order valence-corrected chi connectivity index (χ4v) is 8.72.